The molecule has 4 nitrogen and oxygen atoms in total. The zero-order valence-corrected chi connectivity index (χ0v) is 11.7. The van der Waals surface area contributed by atoms with Gasteiger partial charge in [-0.3, -0.25) is 4.79 Å². The number of carbonyl (C=O) groups excluding carboxylic acids is 1. The molecule has 0 amide bonds. The van der Waals surface area contributed by atoms with Crippen molar-refractivity contribution in [2.24, 2.45) is 10.2 Å². The Morgan fingerprint density at radius 2 is 1.57 bits per heavy atom. The minimum Gasteiger partial charge on any atom is -0.509 e. The van der Waals surface area contributed by atoms with E-state index in [1.807, 2.05) is 48.5 Å². The number of carbonyl (C=O) groups is 1. The van der Waals surface area contributed by atoms with Crippen molar-refractivity contribution in [2.45, 2.75) is 13.3 Å². The number of ketones is 1. The molecule has 0 radical (unpaired) electrons. The Hall–Kier alpha value is -2.75. The molecule has 0 aliphatic rings. The Balaban J connectivity index is 2.23. The molecule has 1 N–H and O–H groups in total. The van der Waals surface area contributed by atoms with Gasteiger partial charge in [0.1, 0.15) is 5.76 Å². The molecule has 0 aliphatic heterocycles. The van der Waals surface area contributed by atoms with E-state index >= 15 is 0 Å². The van der Waals surface area contributed by atoms with Crippen molar-refractivity contribution < 1.29 is 9.90 Å². The van der Waals surface area contributed by atoms with Crippen molar-refractivity contribution in [3.63, 3.8) is 0 Å². The van der Waals surface area contributed by atoms with Gasteiger partial charge < -0.3 is 5.11 Å². The van der Waals surface area contributed by atoms with E-state index in [0.29, 0.717) is 5.69 Å². The highest BCUT2D eigenvalue weighted by Crippen LogP contribution is 2.16. The van der Waals surface area contributed by atoms with Crippen molar-refractivity contribution in [1.29, 1.82) is 0 Å². The molecular weight excluding hydrogens is 264 g/mol. The van der Waals surface area contributed by atoms with Crippen molar-refractivity contribution in [3.8, 4) is 0 Å². The molecule has 2 aromatic carbocycles. The lowest BCUT2D eigenvalue weighted by Crippen LogP contribution is -2.01. The molecule has 0 saturated heterocycles. The van der Waals surface area contributed by atoms with Crippen LogP contribution in [-0.2, 0) is 11.2 Å². The van der Waals surface area contributed by atoms with Crippen LogP contribution in [0.25, 0.3) is 0 Å². The van der Waals surface area contributed by atoms with Crippen LogP contribution in [0.5, 0.6) is 0 Å². The lowest BCUT2D eigenvalue weighted by molar-refractivity contribution is -0.113. The predicted octanol–water partition coefficient (Wildman–Crippen LogP) is 4.37. The fraction of sp³-hybridized carbons (Fsp3) is 0.118. The van der Waals surface area contributed by atoms with Gasteiger partial charge in [0.05, 0.1) is 5.69 Å². The Labute approximate surface area is 123 Å². The van der Waals surface area contributed by atoms with E-state index in [-0.39, 0.29) is 23.7 Å². The third kappa shape index (κ3) is 4.38. The number of hydrogen-bond acceptors (Lipinski definition) is 4. The summed E-state index contributed by atoms with van der Waals surface area (Å²) < 4.78 is 0. The Kier molecular flexibility index (Phi) is 4.99. The molecule has 4 heteroatoms. The van der Waals surface area contributed by atoms with E-state index in [1.54, 1.807) is 12.1 Å². The Morgan fingerprint density at radius 3 is 2.14 bits per heavy atom. The Bertz CT molecular complexity index is 662. The van der Waals surface area contributed by atoms with Gasteiger partial charge in [0.15, 0.2) is 11.5 Å². The van der Waals surface area contributed by atoms with Gasteiger partial charge in [-0.2, -0.15) is 5.11 Å². The molecule has 0 aliphatic carbocycles. The SMILES string of the molecule is CC(=O)C(N=Nc1ccccc1)=C(O)Cc1ccccc1. The topological polar surface area (TPSA) is 62.0 Å². The van der Waals surface area contributed by atoms with E-state index in [0.717, 1.165) is 5.56 Å². The quantitative estimate of drug-likeness (QED) is 0.502. The van der Waals surface area contributed by atoms with Crippen LogP contribution in [0.4, 0.5) is 5.69 Å². The molecule has 0 bridgehead atoms. The molecule has 0 saturated carbocycles. The highest BCUT2D eigenvalue weighted by Gasteiger charge is 2.11. The molecule has 2 aromatic rings. The van der Waals surface area contributed by atoms with Crippen LogP contribution >= 0.6 is 0 Å². The minimum absolute atomic E-state index is 0.0114. The molecule has 2 rings (SSSR count). The number of azo groups is 1. The summed E-state index contributed by atoms with van der Waals surface area (Å²) in [6.07, 6.45) is 0.254. The van der Waals surface area contributed by atoms with Crippen LogP contribution in [0.3, 0.4) is 0 Å². The zero-order valence-electron chi connectivity index (χ0n) is 11.7. The molecule has 106 valence electrons. The average molecular weight is 280 g/mol. The van der Waals surface area contributed by atoms with Crippen LogP contribution < -0.4 is 0 Å². The van der Waals surface area contributed by atoms with Crippen molar-refractivity contribution in [1.82, 2.24) is 0 Å². The van der Waals surface area contributed by atoms with E-state index < -0.39 is 0 Å². The van der Waals surface area contributed by atoms with Crippen molar-refractivity contribution in [3.05, 3.63) is 77.7 Å². The number of aliphatic hydroxyl groups excluding tert-OH is 1. The summed E-state index contributed by atoms with van der Waals surface area (Å²) in [6.45, 7) is 1.36. The first-order chi connectivity index (χ1) is 10.2. The molecular formula is C17H16N2O2. The van der Waals surface area contributed by atoms with E-state index in [2.05, 4.69) is 10.2 Å². The summed E-state index contributed by atoms with van der Waals surface area (Å²) in [4.78, 5) is 11.6. The molecule has 0 aromatic heterocycles. The van der Waals surface area contributed by atoms with Crippen LogP contribution in [0.1, 0.15) is 12.5 Å². The normalized spacial score (nSPS) is 12.2. The van der Waals surface area contributed by atoms with Gasteiger partial charge >= 0.3 is 0 Å². The van der Waals surface area contributed by atoms with Gasteiger partial charge in [0, 0.05) is 13.3 Å². The summed E-state index contributed by atoms with van der Waals surface area (Å²) in [5.41, 5.74) is 1.52. The fourth-order valence-corrected chi connectivity index (χ4v) is 1.81. The number of nitrogens with zero attached hydrogens (tertiary/aromatic N) is 2. The predicted molar refractivity (Wildman–Crippen MR) is 81.4 cm³/mol. The molecule has 0 unspecified atom stereocenters. The standard InChI is InChI=1S/C17H16N2O2/c1-13(20)17(19-18-15-10-6-3-7-11-15)16(21)12-14-8-4-2-5-9-14/h2-11,21H,12H2,1H3. The maximum atomic E-state index is 11.6. The van der Waals surface area contributed by atoms with Crippen LogP contribution in [0.2, 0.25) is 0 Å². The maximum absolute atomic E-state index is 11.6. The summed E-state index contributed by atoms with van der Waals surface area (Å²) >= 11 is 0. The first kappa shape index (κ1) is 14.7. The van der Waals surface area contributed by atoms with Gasteiger partial charge in [-0.25, -0.2) is 0 Å². The van der Waals surface area contributed by atoms with E-state index in [9.17, 15) is 9.90 Å². The number of Topliss-reactive ketones (excluding diaryl/α,β-unsaturated/α-hetero) is 1. The van der Waals surface area contributed by atoms with Crippen molar-refractivity contribution >= 4 is 11.5 Å². The fourth-order valence-electron chi connectivity index (χ4n) is 1.81. The number of allylic oxidation sites excluding steroid dienone is 2. The largest absolute Gasteiger partial charge is 0.509 e. The average Bonchev–Trinajstić information content (AvgIpc) is 2.49. The Morgan fingerprint density at radius 1 is 1.00 bits per heavy atom. The summed E-state index contributed by atoms with van der Waals surface area (Å²) in [7, 11) is 0. The second kappa shape index (κ2) is 7.14. The molecule has 0 heterocycles. The molecule has 0 atom stereocenters. The second-order valence-electron chi connectivity index (χ2n) is 4.55. The maximum Gasteiger partial charge on any atom is 0.183 e. The van der Waals surface area contributed by atoms with Crippen molar-refractivity contribution in [2.75, 3.05) is 0 Å². The number of rotatable bonds is 5. The van der Waals surface area contributed by atoms with Crippen LogP contribution in [0, 0.1) is 0 Å². The van der Waals surface area contributed by atoms with Gasteiger partial charge in [0.2, 0.25) is 0 Å². The third-order valence-corrected chi connectivity index (χ3v) is 2.84. The third-order valence-electron chi connectivity index (χ3n) is 2.84. The summed E-state index contributed by atoms with van der Waals surface area (Å²) in [6, 6.07) is 18.5. The number of aliphatic hydroxyl groups is 1. The monoisotopic (exact) mass is 280 g/mol. The van der Waals surface area contributed by atoms with Gasteiger partial charge in [0.25, 0.3) is 0 Å². The van der Waals surface area contributed by atoms with Crippen LogP contribution in [0.15, 0.2) is 82.3 Å². The molecule has 0 fully saturated rings. The molecule has 21 heavy (non-hydrogen) atoms. The van der Waals surface area contributed by atoms with E-state index in [1.165, 1.54) is 6.92 Å². The van der Waals surface area contributed by atoms with Gasteiger partial charge in [-0.05, 0) is 17.7 Å². The first-order valence-corrected chi connectivity index (χ1v) is 6.60. The molecule has 0 spiro atoms. The van der Waals surface area contributed by atoms with E-state index in [4.69, 9.17) is 0 Å². The van der Waals surface area contributed by atoms with Crippen LogP contribution in [-0.4, -0.2) is 10.9 Å². The number of benzene rings is 2. The van der Waals surface area contributed by atoms with Gasteiger partial charge in [-0.1, -0.05) is 48.5 Å². The van der Waals surface area contributed by atoms with Gasteiger partial charge in [-0.15, -0.1) is 5.11 Å². The lowest BCUT2D eigenvalue weighted by Gasteiger charge is -2.03. The smallest absolute Gasteiger partial charge is 0.183 e. The second-order valence-corrected chi connectivity index (χ2v) is 4.55. The highest BCUT2D eigenvalue weighted by molar-refractivity contribution is 5.93. The lowest BCUT2D eigenvalue weighted by atomic mass is 10.1. The minimum atomic E-state index is -0.317. The number of hydrogen-bond donors (Lipinski definition) is 1. The highest BCUT2D eigenvalue weighted by atomic mass is 16.3. The summed E-state index contributed by atoms with van der Waals surface area (Å²) in [5, 5.41) is 18.0. The zero-order chi connectivity index (χ0) is 15.1. The summed E-state index contributed by atoms with van der Waals surface area (Å²) in [5.74, 6) is -0.392. The first-order valence-electron chi connectivity index (χ1n) is 6.60.